The van der Waals surface area contributed by atoms with Gasteiger partial charge in [0, 0.05) is 18.9 Å². The van der Waals surface area contributed by atoms with E-state index in [-0.39, 0.29) is 12.4 Å². The number of aliphatic hydroxyl groups excluding tert-OH is 1. The van der Waals surface area contributed by atoms with Crippen LogP contribution in [0.4, 0.5) is 0 Å². The van der Waals surface area contributed by atoms with Crippen LogP contribution in [0.5, 0.6) is 0 Å². The highest BCUT2D eigenvalue weighted by Gasteiger charge is 2.45. The molecular weight excluding hydrogens is 196 g/mol. The van der Waals surface area contributed by atoms with Gasteiger partial charge in [-0.3, -0.25) is 0 Å². The summed E-state index contributed by atoms with van der Waals surface area (Å²) < 4.78 is 17.0. The Bertz CT molecular complexity index is 189. The summed E-state index contributed by atoms with van der Waals surface area (Å²) in [5.74, 6) is -0.0337. The minimum Gasteiger partial charge on any atom is -0.396 e. The van der Waals surface area contributed by atoms with E-state index < -0.39 is 0 Å². The van der Waals surface area contributed by atoms with E-state index in [9.17, 15) is 0 Å². The van der Waals surface area contributed by atoms with E-state index in [0.717, 1.165) is 38.9 Å². The highest BCUT2D eigenvalue weighted by molar-refractivity contribution is 4.85. The molecule has 4 heteroatoms. The average Bonchev–Trinajstić information content (AvgIpc) is 2.71. The summed E-state index contributed by atoms with van der Waals surface area (Å²) in [6, 6.07) is 0. The van der Waals surface area contributed by atoms with Crippen LogP contribution in [0.25, 0.3) is 0 Å². The van der Waals surface area contributed by atoms with Gasteiger partial charge in [-0.1, -0.05) is 6.42 Å². The second kappa shape index (κ2) is 5.25. The van der Waals surface area contributed by atoms with Crippen molar-refractivity contribution in [3.05, 3.63) is 0 Å². The predicted octanol–water partition coefficient (Wildman–Crippen LogP) is 0.929. The normalized spacial score (nSPS) is 29.8. The molecular formula is C11H20O4. The maximum Gasteiger partial charge on any atom is 0.175 e. The van der Waals surface area contributed by atoms with E-state index in [2.05, 4.69) is 0 Å². The quantitative estimate of drug-likeness (QED) is 0.710. The molecule has 2 aliphatic rings. The fraction of sp³-hybridized carbons (Fsp3) is 1.00. The fourth-order valence-corrected chi connectivity index (χ4v) is 2.43. The standard InChI is InChI=1S/C11H20O4/c12-5-2-1-3-10-9-13-6-4-11(10)14-7-8-15-11/h10,12H,1-9H2/t10-/m0/s1. The van der Waals surface area contributed by atoms with Gasteiger partial charge >= 0.3 is 0 Å². The molecule has 0 bridgehead atoms. The molecule has 0 amide bonds. The summed E-state index contributed by atoms with van der Waals surface area (Å²) >= 11 is 0. The first-order valence-electron chi connectivity index (χ1n) is 5.84. The second-order valence-corrected chi connectivity index (χ2v) is 4.25. The Labute approximate surface area is 90.5 Å². The third-order valence-corrected chi connectivity index (χ3v) is 3.27. The number of hydrogen-bond acceptors (Lipinski definition) is 4. The van der Waals surface area contributed by atoms with Gasteiger partial charge in [-0.15, -0.1) is 0 Å². The molecule has 0 aliphatic carbocycles. The number of hydrogen-bond donors (Lipinski definition) is 1. The smallest absolute Gasteiger partial charge is 0.175 e. The van der Waals surface area contributed by atoms with Crippen LogP contribution in [0.3, 0.4) is 0 Å². The highest BCUT2D eigenvalue weighted by Crippen LogP contribution is 2.37. The van der Waals surface area contributed by atoms with Gasteiger partial charge in [-0.25, -0.2) is 0 Å². The maximum atomic E-state index is 8.76. The Balaban J connectivity index is 1.88. The summed E-state index contributed by atoms with van der Waals surface area (Å²) in [4.78, 5) is 0. The van der Waals surface area contributed by atoms with Crippen molar-refractivity contribution in [2.45, 2.75) is 31.5 Å². The molecule has 1 N–H and O–H groups in total. The van der Waals surface area contributed by atoms with Gasteiger partial charge in [0.1, 0.15) is 0 Å². The van der Waals surface area contributed by atoms with Crippen molar-refractivity contribution in [1.82, 2.24) is 0 Å². The molecule has 2 fully saturated rings. The van der Waals surface area contributed by atoms with Crippen LogP contribution in [0.2, 0.25) is 0 Å². The first-order valence-corrected chi connectivity index (χ1v) is 5.84. The molecule has 0 aromatic rings. The number of aliphatic hydroxyl groups is 1. The van der Waals surface area contributed by atoms with E-state index in [1.807, 2.05) is 0 Å². The first kappa shape index (κ1) is 11.3. The molecule has 15 heavy (non-hydrogen) atoms. The SMILES string of the molecule is OCCCC[C@H]1COCCC12OCCO2. The highest BCUT2D eigenvalue weighted by atomic mass is 16.7. The molecule has 1 spiro atoms. The van der Waals surface area contributed by atoms with Crippen molar-refractivity contribution in [3.63, 3.8) is 0 Å². The predicted molar refractivity (Wildman–Crippen MR) is 54.5 cm³/mol. The lowest BCUT2D eigenvalue weighted by molar-refractivity contribution is -0.241. The summed E-state index contributed by atoms with van der Waals surface area (Å²) in [5, 5.41) is 8.76. The molecule has 0 aromatic carbocycles. The van der Waals surface area contributed by atoms with E-state index in [4.69, 9.17) is 19.3 Å². The minimum atomic E-state index is -0.367. The van der Waals surface area contributed by atoms with Gasteiger partial charge in [0.2, 0.25) is 0 Å². The number of rotatable bonds is 4. The summed E-state index contributed by atoms with van der Waals surface area (Å²) in [6.07, 6.45) is 3.73. The van der Waals surface area contributed by atoms with Crippen molar-refractivity contribution in [1.29, 1.82) is 0 Å². The monoisotopic (exact) mass is 216 g/mol. The minimum absolute atomic E-state index is 0.266. The lowest BCUT2D eigenvalue weighted by Crippen LogP contribution is -2.46. The van der Waals surface area contributed by atoms with Crippen LogP contribution in [0.1, 0.15) is 25.7 Å². The van der Waals surface area contributed by atoms with Crippen molar-refractivity contribution in [3.8, 4) is 0 Å². The largest absolute Gasteiger partial charge is 0.396 e. The third-order valence-electron chi connectivity index (χ3n) is 3.27. The zero-order chi connectivity index (χ0) is 10.6. The van der Waals surface area contributed by atoms with Crippen LogP contribution < -0.4 is 0 Å². The van der Waals surface area contributed by atoms with Crippen molar-refractivity contribution in [2.24, 2.45) is 5.92 Å². The summed E-state index contributed by atoms with van der Waals surface area (Å²) in [6.45, 7) is 3.14. The molecule has 2 aliphatic heterocycles. The van der Waals surface area contributed by atoms with Crippen LogP contribution in [-0.4, -0.2) is 43.9 Å². The van der Waals surface area contributed by atoms with E-state index in [1.165, 1.54) is 0 Å². The van der Waals surface area contributed by atoms with Gasteiger partial charge in [-0.2, -0.15) is 0 Å². The molecule has 0 aromatic heterocycles. The molecule has 0 unspecified atom stereocenters. The topological polar surface area (TPSA) is 47.9 Å². The van der Waals surface area contributed by atoms with Crippen molar-refractivity contribution in [2.75, 3.05) is 33.0 Å². The van der Waals surface area contributed by atoms with Crippen LogP contribution in [0.15, 0.2) is 0 Å². The second-order valence-electron chi connectivity index (χ2n) is 4.25. The molecule has 4 nitrogen and oxygen atoms in total. The number of unbranched alkanes of at least 4 members (excludes halogenated alkanes) is 1. The lowest BCUT2D eigenvalue weighted by atomic mass is 9.89. The zero-order valence-corrected chi connectivity index (χ0v) is 9.11. The summed E-state index contributed by atoms with van der Waals surface area (Å²) in [7, 11) is 0. The van der Waals surface area contributed by atoms with Gasteiger partial charge in [0.05, 0.1) is 26.4 Å². The molecule has 2 heterocycles. The van der Waals surface area contributed by atoms with Crippen LogP contribution in [-0.2, 0) is 14.2 Å². The van der Waals surface area contributed by atoms with Gasteiger partial charge in [0.15, 0.2) is 5.79 Å². The molecule has 0 saturated carbocycles. The molecule has 0 radical (unpaired) electrons. The Morgan fingerprint density at radius 2 is 1.93 bits per heavy atom. The Hall–Kier alpha value is -0.160. The first-order chi connectivity index (χ1) is 7.37. The average molecular weight is 216 g/mol. The van der Waals surface area contributed by atoms with Gasteiger partial charge < -0.3 is 19.3 Å². The van der Waals surface area contributed by atoms with Gasteiger partial charge in [0.25, 0.3) is 0 Å². The summed E-state index contributed by atoms with van der Waals surface area (Å²) in [5.41, 5.74) is 0. The Morgan fingerprint density at radius 3 is 2.67 bits per heavy atom. The molecule has 2 saturated heterocycles. The Morgan fingerprint density at radius 1 is 1.13 bits per heavy atom. The Kier molecular flexibility index (Phi) is 3.97. The fourth-order valence-electron chi connectivity index (χ4n) is 2.43. The van der Waals surface area contributed by atoms with Crippen molar-refractivity contribution >= 4 is 0 Å². The van der Waals surface area contributed by atoms with Gasteiger partial charge in [-0.05, 0) is 12.8 Å². The van der Waals surface area contributed by atoms with E-state index in [0.29, 0.717) is 19.1 Å². The molecule has 88 valence electrons. The maximum absolute atomic E-state index is 8.76. The van der Waals surface area contributed by atoms with Crippen molar-refractivity contribution < 1.29 is 19.3 Å². The van der Waals surface area contributed by atoms with Crippen LogP contribution >= 0.6 is 0 Å². The van der Waals surface area contributed by atoms with Crippen LogP contribution in [0, 0.1) is 5.92 Å². The van der Waals surface area contributed by atoms with E-state index in [1.54, 1.807) is 0 Å². The molecule has 1 atom stereocenters. The third kappa shape index (κ3) is 2.50. The molecule has 2 rings (SSSR count). The number of ether oxygens (including phenoxy) is 3. The van der Waals surface area contributed by atoms with E-state index >= 15 is 0 Å². The lowest BCUT2D eigenvalue weighted by Gasteiger charge is -2.39. The zero-order valence-electron chi connectivity index (χ0n) is 9.11.